The van der Waals surface area contributed by atoms with E-state index in [4.69, 9.17) is 10.7 Å². The summed E-state index contributed by atoms with van der Waals surface area (Å²) in [6.07, 6.45) is 5.81. The van der Waals surface area contributed by atoms with Gasteiger partial charge in [0, 0.05) is 25.4 Å². The zero-order chi connectivity index (χ0) is 13.9. The maximum atomic E-state index is 6.28. The molecule has 0 amide bonds. The van der Waals surface area contributed by atoms with E-state index in [2.05, 4.69) is 17.2 Å². The Hall–Kier alpha value is -1.68. The van der Waals surface area contributed by atoms with Crippen LogP contribution in [0.5, 0.6) is 0 Å². The highest BCUT2D eigenvalue weighted by molar-refractivity contribution is 5.19. The maximum absolute atomic E-state index is 6.28. The van der Waals surface area contributed by atoms with E-state index in [0.717, 1.165) is 23.6 Å². The van der Waals surface area contributed by atoms with Crippen LogP contribution in [-0.2, 0) is 13.5 Å². The highest BCUT2D eigenvalue weighted by Crippen LogP contribution is 2.32. The summed E-state index contributed by atoms with van der Waals surface area (Å²) in [7, 11) is 1.97. The van der Waals surface area contributed by atoms with E-state index in [9.17, 15) is 0 Å². The van der Waals surface area contributed by atoms with Crippen LogP contribution in [0.15, 0.2) is 30.3 Å². The van der Waals surface area contributed by atoms with Gasteiger partial charge >= 0.3 is 0 Å². The summed E-state index contributed by atoms with van der Waals surface area (Å²) in [5, 5.41) is 4.59. The molecule has 1 aliphatic carbocycles. The Labute approximate surface area is 120 Å². The monoisotopic (exact) mass is 270 g/mol. The first-order valence-corrected chi connectivity index (χ1v) is 7.44. The second-order valence-electron chi connectivity index (χ2n) is 5.71. The largest absolute Gasteiger partial charge is 0.324 e. The topological polar surface area (TPSA) is 56.7 Å². The van der Waals surface area contributed by atoms with Gasteiger partial charge < -0.3 is 5.73 Å². The van der Waals surface area contributed by atoms with Crippen molar-refractivity contribution in [2.45, 2.75) is 44.1 Å². The average Bonchev–Trinajstić information content (AvgIpc) is 3.10. The first kappa shape index (κ1) is 13.3. The molecule has 1 unspecified atom stereocenters. The Balaban J connectivity index is 1.74. The molecule has 1 aliphatic rings. The van der Waals surface area contributed by atoms with Crippen molar-refractivity contribution in [3.05, 3.63) is 47.5 Å². The molecule has 2 aromatic rings. The minimum atomic E-state index is -0.0180. The van der Waals surface area contributed by atoms with Gasteiger partial charge in [0.1, 0.15) is 5.82 Å². The molecule has 4 heteroatoms. The van der Waals surface area contributed by atoms with Crippen molar-refractivity contribution in [2.24, 2.45) is 12.8 Å². The highest BCUT2D eigenvalue weighted by atomic mass is 15.3. The Morgan fingerprint density at radius 1 is 1.25 bits per heavy atom. The van der Waals surface area contributed by atoms with Gasteiger partial charge in [0.15, 0.2) is 5.82 Å². The summed E-state index contributed by atoms with van der Waals surface area (Å²) >= 11 is 0. The number of benzene rings is 1. The Morgan fingerprint density at radius 3 is 2.65 bits per heavy atom. The highest BCUT2D eigenvalue weighted by Gasteiger charge is 2.22. The molecule has 0 radical (unpaired) electrons. The third-order valence-corrected chi connectivity index (χ3v) is 4.22. The van der Waals surface area contributed by atoms with E-state index in [1.54, 1.807) is 0 Å². The molecule has 3 rings (SSSR count). The van der Waals surface area contributed by atoms with Crippen molar-refractivity contribution in [1.29, 1.82) is 0 Å². The van der Waals surface area contributed by atoms with Crippen LogP contribution in [0.1, 0.15) is 54.9 Å². The summed E-state index contributed by atoms with van der Waals surface area (Å²) in [4.78, 5) is 4.73. The van der Waals surface area contributed by atoms with Gasteiger partial charge in [-0.1, -0.05) is 43.2 Å². The SMILES string of the molecule is Cn1nc(C2CCCC2)nc1CC(N)c1ccccc1. The Morgan fingerprint density at radius 2 is 1.95 bits per heavy atom. The first-order chi connectivity index (χ1) is 9.74. The summed E-state index contributed by atoms with van der Waals surface area (Å²) in [5.74, 6) is 2.56. The van der Waals surface area contributed by atoms with E-state index in [-0.39, 0.29) is 6.04 Å². The summed E-state index contributed by atoms with van der Waals surface area (Å²) in [6, 6.07) is 10.2. The molecule has 106 valence electrons. The van der Waals surface area contributed by atoms with Crippen molar-refractivity contribution >= 4 is 0 Å². The van der Waals surface area contributed by atoms with E-state index in [0.29, 0.717) is 5.92 Å². The molecule has 4 nitrogen and oxygen atoms in total. The Kier molecular flexibility index (Phi) is 3.83. The fourth-order valence-electron chi connectivity index (χ4n) is 2.99. The molecule has 1 fully saturated rings. The number of hydrogen-bond acceptors (Lipinski definition) is 3. The molecule has 2 N–H and O–H groups in total. The molecule has 1 saturated carbocycles. The lowest BCUT2D eigenvalue weighted by atomic mass is 10.0. The molecule has 1 atom stereocenters. The standard InChI is InChI=1S/C16H22N4/c1-20-15(11-14(17)12-7-3-2-4-8-12)18-16(19-20)13-9-5-6-10-13/h2-4,7-8,13-14H,5-6,9-11,17H2,1H3. The molecule has 1 aromatic carbocycles. The first-order valence-electron chi connectivity index (χ1n) is 7.44. The average molecular weight is 270 g/mol. The van der Waals surface area contributed by atoms with Crippen LogP contribution >= 0.6 is 0 Å². The smallest absolute Gasteiger partial charge is 0.154 e. The summed E-state index contributed by atoms with van der Waals surface area (Å²) in [6.45, 7) is 0. The lowest BCUT2D eigenvalue weighted by Crippen LogP contribution is -2.15. The molecule has 0 aliphatic heterocycles. The fraction of sp³-hybridized carbons (Fsp3) is 0.500. The van der Waals surface area contributed by atoms with Crippen LogP contribution in [-0.4, -0.2) is 14.8 Å². The molecule has 0 spiro atoms. The summed E-state index contributed by atoms with van der Waals surface area (Å²) in [5.41, 5.74) is 7.43. The second-order valence-corrected chi connectivity index (χ2v) is 5.71. The lowest BCUT2D eigenvalue weighted by Gasteiger charge is -2.10. The molecule has 1 aromatic heterocycles. The number of aromatic nitrogens is 3. The number of rotatable bonds is 4. The lowest BCUT2D eigenvalue weighted by molar-refractivity contribution is 0.621. The van der Waals surface area contributed by atoms with E-state index < -0.39 is 0 Å². The molecule has 0 bridgehead atoms. The van der Waals surface area contributed by atoms with Crippen molar-refractivity contribution in [2.75, 3.05) is 0 Å². The van der Waals surface area contributed by atoms with Gasteiger partial charge in [0.05, 0.1) is 0 Å². The van der Waals surface area contributed by atoms with Crippen LogP contribution in [0.2, 0.25) is 0 Å². The second kappa shape index (κ2) is 5.75. The van der Waals surface area contributed by atoms with Crippen LogP contribution in [0.4, 0.5) is 0 Å². The molecule has 0 saturated heterocycles. The van der Waals surface area contributed by atoms with E-state index >= 15 is 0 Å². The molecular weight excluding hydrogens is 248 g/mol. The minimum Gasteiger partial charge on any atom is -0.324 e. The number of nitrogens with zero attached hydrogens (tertiary/aromatic N) is 3. The van der Waals surface area contributed by atoms with Crippen LogP contribution < -0.4 is 5.73 Å². The predicted molar refractivity (Wildman–Crippen MR) is 79.3 cm³/mol. The fourth-order valence-corrected chi connectivity index (χ4v) is 2.99. The Bertz CT molecular complexity index is 555. The number of aryl methyl sites for hydroxylation is 1. The van der Waals surface area contributed by atoms with Gasteiger partial charge in [-0.2, -0.15) is 5.10 Å². The number of hydrogen-bond donors (Lipinski definition) is 1. The van der Waals surface area contributed by atoms with E-state index in [1.165, 1.54) is 25.7 Å². The van der Waals surface area contributed by atoms with E-state index in [1.807, 2.05) is 29.9 Å². The third kappa shape index (κ3) is 2.75. The van der Waals surface area contributed by atoms with Crippen molar-refractivity contribution < 1.29 is 0 Å². The van der Waals surface area contributed by atoms with Crippen LogP contribution in [0.3, 0.4) is 0 Å². The molecular formula is C16H22N4. The maximum Gasteiger partial charge on any atom is 0.154 e. The normalized spacial score (nSPS) is 17.5. The molecule has 1 heterocycles. The summed E-state index contributed by atoms with van der Waals surface area (Å²) < 4.78 is 1.90. The third-order valence-electron chi connectivity index (χ3n) is 4.22. The van der Waals surface area contributed by atoms with Gasteiger partial charge in [-0.05, 0) is 18.4 Å². The van der Waals surface area contributed by atoms with Crippen LogP contribution in [0.25, 0.3) is 0 Å². The minimum absolute atomic E-state index is 0.0180. The van der Waals surface area contributed by atoms with Crippen molar-refractivity contribution in [3.63, 3.8) is 0 Å². The quantitative estimate of drug-likeness (QED) is 0.929. The van der Waals surface area contributed by atoms with Crippen LogP contribution in [0, 0.1) is 0 Å². The zero-order valence-corrected chi connectivity index (χ0v) is 12.0. The predicted octanol–water partition coefficient (Wildman–Crippen LogP) is 2.72. The van der Waals surface area contributed by atoms with Crippen molar-refractivity contribution in [3.8, 4) is 0 Å². The molecule has 20 heavy (non-hydrogen) atoms. The van der Waals surface area contributed by atoms with Gasteiger partial charge in [0.2, 0.25) is 0 Å². The van der Waals surface area contributed by atoms with Gasteiger partial charge in [-0.15, -0.1) is 0 Å². The van der Waals surface area contributed by atoms with Gasteiger partial charge in [0.25, 0.3) is 0 Å². The number of nitrogens with two attached hydrogens (primary N) is 1. The zero-order valence-electron chi connectivity index (χ0n) is 12.0. The van der Waals surface area contributed by atoms with Crippen molar-refractivity contribution in [1.82, 2.24) is 14.8 Å². The van der Waals surface area contributed by atoms with Gasteiger partial charge in [-0.3, -0.25) is 4.68 Å². The van der Waals surface area contributed by atoms with Gasteiger partial charge in [-0.25, -0.2) is 4.98 Å².